The lowest BCUT2D eigenvalue weighted by atomic mass is 10.1. The molecule has 0 unspecified atom stereocenters. The van der Waals surface area contributed by atoms with E-state index in [1.165, 1.54) is 11.6 Å². The average Bonchev–Trinajstić information content (AvgIpc) is 2.88. The minimum atomic E-state index is -0.796. The van der Waals surface area contributed by atoms with Gasteiger partial charge in [-0.2, -0.15) is 0 Å². The summed E-state index contributed by atoms with van der Waals surface area (Å²) in [6.07, 6.45) is 1.42. The molecule has 0 saturated carbocycles. The van der Waals surface area contributed by atoms with E-state index in [4.69, 9.17) is 14.2 Å². The van der Waals surface area contributed by atoms with Gasteiger partial charge in [-0.15, -0.1) is 0 Å². The van der Waals surface area contributed by atoms with Crippen molar-refractivity contribution in [3.63, 3.8) is 0 Å². The van der Waals surface area contributed by atoms with Crippen molar-refractivity contribution in [1.29, 1.82) is 0 Å². The summed E-state index contributed by atoms with van der Waals surface area (Å²) in [6, 6.07) is 15.4. The molecule has 0 atom stereocenters. The third-order valence-electron chi connectivity index (χ3n) is 6.08. The van der Waals surface area contributed by atoms with Crippen LogP contribution in [0.3, 0.4) is 0 Å². The molecule has 0 aromatic heterocycles. The van der Waals surface area contributed by atoms with Gasteiger partial charge in [0, 0.05) is 0 Å². The average molecular weight is 593 g/mol. The summed E-state index contributed by atoms with van der Waals surface area (Å²) < 4.78 is 18.1. The van der Waals surface area contributed by atoms with E-state index in [-0.39, 0.29) is 12.2 Å². The van der Waals surface area contributed by atoms with Crippen molar-refractivity contribution in [2.24, 2.45) is 0 Å². The van der Waals surface area contributed by atoms with Gasteiger partial charge in [-0.05, 0) is 108 Å². The highest BCUT2D eigenvalue weighted by atomic mass is 79.9. The van der Waals surface area contributed by atoms with Gasteiger partial charge in [0.05, 0.1) is 16.8 Å². The topological polar surface area (TPSA) is 94.2 Å². The minimum Gasteiger partial charge on any atom is -0.490 e. The Bertz CT molecular complexity index is 1470. The molecule has 4 rings (SSSR count). The molecule has 9 heteroatoms. The quantitative estimate of drug-likeness (QED) is 0.189. The second-order valence-corrected chi connectivity index (χ2v) is 9.86. The number of imide groups is 2. The van der Waals surface area contributed by atoms with Crippen LogP contribution in [0.4, 0.5) is 10.5 Å². The Morgan fingerprint density at radius 1 is 0.897 bits per heavy atom. The number of barbiturate groups is 1. The van der Waals surface area contributed by atoms with E-state index < -0.39 is 17.8 Å². The fraction of sp³-hybridized carbons (Fsp3) is 0.233. The fourth-order valence-corrected chi connectivity index (χ4v) is 4.58. The van der Waals surface area contributed by atoms with Crippen LogP contribution in [-0.4, -0.2) is 37.7 Å². The summed E-state index contributed by atoms with van der Waals surface area (Å²) in [4.78, 5) is 39.3. The molecule has 4 amide bonds. The van der Waals surface area contributed by atoms with Crippen LogP contribution >= 0.6 is 15.9 Å². The van der Waals surface area contributed by atoms with Crippen LogP contribution in [0.2, 0.25) is 0 Å². The summed E-state index contributed by atoms with van der Waals surface area (Å²) in [6.45, 7) is 8.73. The molecular weight excluding hydrogens is 564 g/mol. The van der Waals surface area contributed by atoms with E-state index in [0.29, 0.717) is 40.4 Å². The first-order chi connectivity index (χ1) is 18.7. The van der Waals surface area contributed by atoms with Crippen molar-refractivity contribution in [3.8, 4) is 17.2 Å². The van der Waals surface area contributed by atoms with Crippen LogP contribution in [0.5, 0.6) is 17.2 Å². The molecule has 1 heterocycles. The van der Waals surface area contributed by atoms with Gasteiger partial charge in [0.15, 0.2) is 11.5 Å². The molecule has 39 heavy (non-hydrogen) atoms. The molecule has 3 aromatic rings. The second kappa shape index (κ2) is 12.2. The fourth-order valence-electron chi connectivity index (χ4n) is 4.01. The van der Waals surface area contributed by atoms with Crippen LogP contribution in [0, 0.1) is 20.8 Å². The molecule has 1 fully saturated rings. The van der Waals surface area contributed by atoms with Crippen molar-refractivity contribution >= 4 is 45.5 Å². The van der Waals surface area contributed by atoms with Crippen molar-refractivity contribution in [3.05, 3.63) is 86.9 Å². The van der Waals surface area contributed by atoms with Gasteiger partial charge in [-0.1, -0.05) is 18.2 Å². The lowest BCUT2D eigenvalue weighted by molar-refractivity contribution is -0.122. The molecule has 1 N–H and O–H groups in total. The molecular formula is C30H29BrN2O6. The van der Waals surface area contributed by atoms with Gasteiger partial charge in [0.2, 0.25) is 0 Å². The Morgan fingerprint density at radius 3 is 2.38 bits per heavy atom. The summed E-state index contributed by atoms with van der Waals surface area (Å²) >= 11 is 3.52. The monoisotopic (exact) mass is 592 g/mol. The predicted molar refractivity (Wildman–Crippen MR) is 152 cm³/mol. The number of urea groups is 1. The number of nitrogens with zero attached hydrogens (tertiary/aromatic N) is 1. The third-order valence-corrected chi connectivity index (χ3v) is 6.67. The largest absolute Gasteiger partial charge is 0.490 e. The number of halogens is 1. The Kier molecular flexibility index (Phi) is 8.71. The predicted octanol–water partition coefficient (Wildman–Crippen LogP) is 5.90. The molecule has 202 valence electrons. The number of hydrogen-bond acceptors (Lipinski definition) is 6. The Hall–Kier alpha value is -4.11. The summed E-state index contributed by atoms with van der Waals surface area (Å²) in [5.41, 5.74) is 3.92. The van der Waals surface area contributed by atoms with E-state index in [1.807, 2.05) is 52.0 Å². The number of amides is 4. The molecule has 1 saturated heterocycles. The lowest BCUT2D eigenvalue weighted by Crippen LogP contribution is -2.54. The summed E-state index contributed by atoms with van der Waals surface area (Å²) in [5, 5.41) is 2.25. The molecule has 0 aliphatic carbocycles. The Labute approximate surface area is 235 Å². The first kappa shape index (κ1) is 27.9. The highest BCUT2D eigenvalue weighted by Crippen LogP contribution is 2.38. The number of carbonyl (C=O) groups is 3. The number of anilines is 1. The van der Waals surface area contributed by atoms with Crippen molar-refractivity contribution in [1.82, 2.24) is 5.32 Å². The van der Waals surface area contributed by atoms with E-state index in [2.05, 4.69) is 21.2 Å². The van der Waals surface area contributed by atoms with Crippen molar-refractivity contribution in [2.45, 2.75) is 27.7 Å². The normalized spacial score (nSPS) is 14.4. The number of ether oxygens (including phenoxy) is 3. The Balaban J connectivity index is 1.54. The zero-order valence-electron chi connectivity index (χ0n) is 22.2. The van der Waals surface area contributed by atoms with Gasteiger partial charge in [0.25, 0.3) is 11.8 Å². The van der Waals surface area contributed by atoms with Gasteiger partial charge < -0.3 is 14.2 Å². The van der Waals surface area contributed by atoms with E-state index in [0.717, 1.165) is 21.8 Å². The summed E-state index contributed by atoms with van der Waals surface area (Å²) in [7, 11) is 0. The van der Waals surface area contributed by atoms with Gasteiger partial charge >= 0.3 is 6.03 Å². The van der Waals surface area contributed by atoms with Gasteiger partial charge in [-0.25, -0.2) is 9.69 Å². The van der Waals surface area contributed by atoms with Crippen LogP contribution in [0.25, 0.3) is 6.08 Å². The molecule has 8 nitrogen and oxygen atoms in total. The second-order valence-electron chi connectivity index (χ2n) is 9.00. The zero-order chi connectivity index (χ0) is 28.1. The molecule has 0 bridgehead atoms. The van der Waals surface area contributed by atoms with Crippen LogP contribution in [0.15, 0.2) is 64.6 Å². The minimum absolute atomic E-state index is 0.180. The standard InChI is InChI=1S/C30H29BrN2O6/c1-5-37-26-17-21(16-25(31)27(26)39-12-11-38-23-10-9-19(3)20(4)14-23)15-24-28(34)32-30(36)33(29(24)35)22-8-6-7-18(2)13-22/h6-10,13-17H,5,11-12H2,1-4H3,(H,32,34,36). The maximum Gasteiger partial charge on any atom is 0.335 e. The molecule has 1 aliphatic rings. The van der Waals surface area contributed by atoms with Crippen LogP contribution in [-0.2, 0) is 9.59 Å². The van der Waals surface area contributed by atoms with E-state index in [1.54, 1.807) is 30.3 Å². The SMILES string of the molecule is CCOc1cc(C=C2C(=O)NC(=O)N(c3cccc(C)c3)C2=O)cc(Br)c1OCCOc1ccc(C)c(C)c1. The number of rotatable bonds is 9. The van der Waals surface area contributed by atoms with Crippen LogP contribution in [0.1, 0.15) is 29.2 Å². The zero-order valence-corrected chi connectivity index (χ0v) is 23.8. The lowest BCUT2D eigenvalue weighted by Gasteiger charge is -2.26. The number of hydrogen-bond donors (Lipinski definition) is 1. The number of nitrogens with one attached hydrogen (secondary N) is 1. The van der Waals surface area contributed by atoms with E-state index in [9.17, 15) is 14.4 Å². The first-order valence-electron chi connectivity index (χ1n) is 12.4. The molecule has 1 aliphatic heterocycles. The number of carbonyl (C=O) groups excluding carboxylic acids is 3. The van der Waals surface area contributed by atoms with Gasteiger partial charge in [-0.3, -0.25) is 14.9 Å². The number of aryl methyl sites for hydroxylation is 3. The highest BCUT2D eigenvalue weighted by molar-refractivity contribution is 9.10. The smallest absolute Gasteiger partial charge is 0.335 e. The molecule has 3 aromatic carbocycles. The first-order valence-corrected chi connectivity index (χ1v) is 13.2. The van der Waals surface area contributed by atoms with E-state index >= 15 is 0 Å². The van der Waals surface area contributed by atoms with Gasteiger partial charge in [0.1, 0.15) is 24.5 Å². The third kappa shape index (κ3) is 6.49. The van der Waals surface area contributed by atoms with Crippen LogP contribution < -0.4 is 24.4 Å². The summed E-state index contributed by atoms with van der Waals surface area (Å²) in [5.74, 6) is 0.180. The molecule has 0 spiro atoms. The molecule has 0 radical (unpaired) electrons. The van der Waals surface area contributed by atoms with Crippen molar-refractivity contribution < 1.29 is 28.6 Å². The highest BCUT2D eigenvalue weighted by Gasteiger charge is 2.37. The number of benzene rings is 3. The van der Waals surface area contributed by atoms with Crippen molar-refractivity contribution in [2.75, 3.05) is 24.7 Å². The maximum atomic E-state index is 13.3. The maximum absolute atomic E-state index is 13.3. The Morgan fingerprint density at radius 2 is 1.67 bits per heavy atom.